The van der Waals surface area contributed by atoms with Crippen LogP contribution in [-0.4, -0.2) is 18.5 Å². The summed E-state index contributed by atoms with van der Waals surface area (Å²) in [7, 11) is 0. The molecule has 1 aromatic carbocycles. The van der Waals surface area contributed by atoms with Crippen LogP contribution in [0.15, 0.2) is 16.6 Å². The highest BCUT2D eigenvalue weighted by Crippen LogP contribution is 2.28. The van der Waals surface area contributed by atoms with Crippen LogP contribution in [0.4, 0.5) is 5.69 Å². The molecule has 1 aromatic rings. The molecule has 1 amide bonds. The van der Waals surface area contributed by atoms with Crippen molar-refractivity contribution in [1.82, 2.24) is 5.32 Å². The highest BCUT2D eigenvalue weighted by molar-refractivity contribution is 9.10. The van der Waals surface area contributed by atoms with Gasteiger partial charge in [-0.05, 0) is 53.4 Å². The van der Waals surface area contributed by atoms with Crippen molar-refractivity contribution in [3.8, 4) is 0 Å². The molecule has 1 atom stereocenters. The molecule has 0 saturated carbocycles. The van der Waals surface area contributed by atoms with Gasteiger partial charge in [0.2, 0.25) is 5.91 Å². The Morgan fingerprint density at radius 1 is 1.37 bits per heavy atom. The fourth-order valence-corrected chi connectivity index (χ4v) is 2.19. The number of benzene rings is 1. The van der Waals surface area contributed by atoms with Crippen molar-refractivity contribution in [3.63, 3.8) is 0 Å². The van der Waals surface area contributed by atoms with Crippen molar-refractivity contribution in [2.24, 2.45) is 5.92 Å². The summed E-state index contributed by atoms with van der Waals surface area (Å²) in [6, 6.07) is 3.92. The normalized spacial score (nSPS) is 12.4. The molecule has 3 nitrogen and oxygen atoms in total. The van der Waals surface area contributed by atoms with E-state index in [9.17, 15) is 4.79 Å². The fraction of sp³-hybridized carbons (Fsp3) is 0.500. The van der Waals surface area contributed by atoms with E-state index in [0.717, 1.165) is 15.7 Å². The molecule has 0 aliphatic rings. The van der Waals surface area contributed by atoms with Crippen molar-refractivity contribution < 1.29 is 4.79 Å². The number of rotatable bonds is 5. The van der Waals surface area contributed by atoms with Gasteiger partial charge in [-0.3, -0.25) is 4.79 Å². The predicted molar refractivity (Wildman–Crippen MR) is 84.8 cm³/mol. The Morgan fingerprint density at radius 2 is 2.00 bits per heavy atom. The lowest BCUT2D eigenvalue weighted by molar-refractivity contribution is -0.120. The third-order valence-electron chi connectivity index (χ3n) is 3.08. The van der Waals surface area contributed by atoms with Crippen LogP contribution >= 0.6 is 27.5 Å². The van der Waals surface area contributed by atoms with Crippen LogP contribution in [0.1, 0.15) is 26.3 Å². The number of amides is 1. The zero-order valence-electron chi connectivity index (χ0n) is 11.7. The summed E-state index contributed by atoms with van der Waals surface area (Å²) < 4.78 is 0.902. The van der Waals surface area contributed by atoms with E-state index in [1.165, 1.54) is 0 Å². The minimum Gasteiger partial charge on any atom is -0.375 e. The second kappa shape index (κ2) is 7.15. The fourth-order valence-electron chi connectivity index (χ4n) is 1.43. The van der Waals surface area contributed by atoms with Gasteiger partial charge in [0.15, 0.2) is 0 Å². The number of aryl methyl sites for hydroxylation is 1. The maximum absolute atomic E-state index is 11.8. The standard InChI is InChI=1S/C14H20BrClN2O/c1-8(2)10(4)18-14(19)7-17-13-6-12(16)9(3)5-11(13)15/h5-6,8,10,17H,7H2,1-4H3,(H,18,19). The largest absolute Gasteiger partial charge is 0.375 e. The van der Waals surface area contributed by atoms with E-state index in [2.05, 4.69) is 40.4 Å². The van der Waals surface area contributed by atoms with E-state index in [1.807, 2.05) is 26.0 Å². The Balaban J connectivity index is 2.58. The average Bonchev–Trinajstić information content (AvgIpc) is 2.32. The molecule has 19 heavy (non-hydrogen) atoms. The van der Waals surface area contributed by atoms with E-state index in [0.29, 0.717) is 10.9 Å². The predicted octanol–water partition coefficient (Wildman–Crippen LogP) is 3.98. The number of carbonyl (C=O) groups excluding carboxylic acids is 1. The van der Waals surface area contributed by atoms with Gasteiger partial charge in [0.25, 0.3) is 0 Å². The first kappa shape index (κ1) is 16.3. The molecule has 0 heterocycles. The molecule has 1 unspecified atom stereocenters. The molecule has 0 fully saturated rings. The Morgan fingerprint density at radius 3 is 2.58 bits per heavy atom. The molecule has 106 valence electrons. The van der Waals surface area contributed by atoms with Crippen LogP contribution in [-0.2, 0) is 4.79 Å². The molecule has 5 heteroatoms. The molecule has 0 bridgehead atoms. The smallest absolute Gasteiger partial charge is 0.239 e. The summed E-state index contributed by atoms with van der Waals surface area (Å²) in [5, 5.41) is 6.71. The summed E-state index contributed by atoms with van der Waals surface area (Å²) >= 11 is 9.52. The molecule has 0 spiro atoms. The summed E-state index contributed by atoms with van der Waals surface area (Å²) in [4.78, 5) is 11.8. The van der Waals surface area contributed by atoms with Gasteiger partial charge in [-0.2, -0.15) is 0 Å². The van der Waals surface area contributed by atoms with Gasteiger partial charge in [0.1, 0.15) is 0 Å². The van der Waals surface area contributed by atoms with E-state index in [4.69, 9.17) is 11.6 Å². The van der Waals surface area contributed by atoms with Crippen LogP contribution in [0.25, 0.3) is 0 Å². The lowest BCUT2D eigenvalue weighted by Crippen LogP contribution is -2.39. The van der Waals surface area contributed by atoms with E-state index in [1.54, 1.807) is 0 Å². The second-order valence-electron chi connectivity index (χ2n) is 5.03. The summed E-state index contributed by atoms with van der Waals surface area (Å²) in [6.45, 7) is 8.33. The Hall–Kier alpha value is -0.740. The summed E-state index contributed by atoms with van der Waals surface area (Å²) in [6.07, 6.45) is 0. The highest BCUT2D eigenvalue weighted by Gasteiger charge is 2.11. The monoisotopic (exact) mass is 346 g/mol. The minimum atomic E-state index is -0.0233. The third-order valence-corrected chi connectivity index (χ3v) is 4.14. The number of nitrogens with one attached hydrogen (secondary N) is 2. The van der Waals surface area contributed by atoms with Gasteiger partial charge in [0, 0.05) is 15.5 Å². The lowest BCUT2D eigenvalue weighted by atomic mass is 10.1. The van der Waals surface area contributed by atoms with Gasteiger partial charge >= 0.3 is 0 Å². The third kappa shape index (κ3) is 5.03. The van der Waals surface area contributed by atoms with Crippen LogP contribution < -0.4 is 10.6 Å². The molecule has 0 radical (unpaired) electrons. The van der Waals surface area contributed by atoms with Crippen molar-refractivity contribution in [2.75, 3.05) is 11.9 Å². The van der Waals surface area contributed by atoms with Crippen LogP contribution in [0.5, 0.6) is 0 Å². The number of carbonyl (C=O) groups is 1. The van der Waals surface area contributed by atoms with E-state index >= 15 is 0 Å². The molecule has 0 aliphatic carbocycles. The molecule has 2 N–H and O–H groups in total. The maximum Gasteiger partial charge on any atom is 0.239 e. The van der Waals surface area contributed by atoms with Gasteiger partial charge < -0.3 is 10.6 Å². The Labute approximate surface area is 128 Å². The Kier molecular flexibility index (Phi) is 6.14. The Bertz CT molecular complexity index is 463. The van der Waals surface area contributed by atoms with Crippen LogP contribution in [0, 0.1) is 12.8 Å². The first-order valence-corrected chi connectivity index (χ1v) is 7.47. The molecular weight excluding hydrogens is 328 g/mol. The van der Waals surface area contributed by atoms with E-state index in [-0.39, 0.29) is 18.5 Å². The van der Waals surface area contributed by atoms with Crippen molar-refractivity contribution in [2.45, 2.75) is 33.7 Å². The number of hydrogen-bond acceptors (Lipinski definition) is 2. The zero-order valence-corrected chi connectivity index (χ0v) is 14.0. The molecule has 0 aliphatic heterocycles. The van der Waals surface area contributed by atoms with Gasteiger partial charge in [-0.1, -0.05) is 25.4 Å². The molecule has 1 rings (SSSR count). The topological polar surface area (TPSA) is 41.1 Å². The molecule has 0 aromatic heterocycles. The lowest BCUT2D eigenvalue weighted by Gasteiger charge is -2.18. The van der Waals surface area contributed by atoms with Crippen molar-refractivity contribution in [3.05, 3.63) is 27.2 Å². The minimum absolute atomic E-state index is 0.0233. The van der Waals surface area contributed by atoms with Gasteiger partial charge in [0.05, 0.1) is 12.2 Å². The van der Waals surface area contributed by atoms with Gasteiger partial charge in [-0.25, -0.2) is 0 Å². The number of hydrogen-bond donors (Lipinski definition) is 2. The van der Waals surface area contributed by atoms with Gasteiger partial charge in [-0.15, -0.1) is 0 Å². The quantitative estimate of drug-likeness (QED) is 0.846. The second-order valence-corrected chi connectivity index (χ2v) is 6.30. The summed E-state index contributed by atoms with van der Waals surface area (Å²) in [5.41, 5.74) is 1.82. The van der Waals surface area contributed by atoms with Crippen LogP contribution in [0.3, 0.4) is 0 Å². The van der Waals surface area contributed by atoms with Crippen molar-refractivity contribution in [1.29, 1.82) is 0 Å². The number of anilines is 1. The van der Waals surface area contributed by atoms with Crippen molar-refractivity contribution >= 4 is 39.1 Å². The number of halogens is 2. The first-order valence-electron chi connectivity index (χ1n) is 6.30. The first-order chi connectivity index (χ1) is 8.81. The van der Waals surface area contributed by atoms with Crippen LogP contribution in [0.2, 0.25) is 5.02 Å². The summed E-state index contributed by atoms with van der Waals surface area (Å²) in [5.74, 6) is 0.398. The highest BCUT2D eigenvalue weighted by atomic mass is 79.9. The van der Waals surface area contributed by atoms with E-state index < -0.39 is 0 Å². The average molecular weight is 348 g/mol. The SMILES string of the molecule is Cc1cc(Br)c(NCC(=O)NC(C)C(C)C)cc1Cl. The zero-order chi connectivity index (χ0) is 14.6. The molecule has 0 saturated heterocycles. The molecular formula is C14H20BrClN2O. The maximum atomic E-state index is 11.8.